The number of anilines is 1. The van der Waals surface area contributed by atoms with Crippen LogP contribution in [-0.4, -0.2) is 41.6 Å². The van der Waals surface area contributed by atoms with Gasteiger partial charge >= 0.3 is 0 Å². The molecule has 1 aromatic carbocycles. The molecule has 0 atom stereocenters. The summed E-state index contributed by atoms with van der Waals surface area (Å²) in [5, 5.41) is 34.1. The minimum atomic E-state index is -0.333. The van der Waals surface area contributed by atoms with Crippen LogP contribution in [-0.2, 0) is 0 Å². The Kier molecular flexibility index (Phi) is 5.91. The Morgan fingerprint density at radius 2 is 2.19 bits per heavy atom. The molecule has 27 heavy (non-hydrogen) atoms. The Morgan fingerprint density at radius 1 is 1.33 bits per heavy atom. The predicted octanol–water partition coefficient (Wildman–Crippen LogP) is 1.82. The molecule has 0 amide bonds. The zero-order chi connectivity index (χ0) is 19.1. The van der Waals surface area contributed by atoms with E-state index in [0.717, 1.165) is 12.2 Å². The minimum Gasteiger partial charge on any atom is -0.360 e. The molecule has 136 valence electrons. The van der Waals surface area contributed by atoms with Crippen LogP contribution >= 0.6 is 11.8 Å². The first-order valence-corrected chi connectivity index (χ1v) is 9.01. The first-order valence-electron chi connectivity index (χ1n) is 8.02. The van der Waals surface area contributed by atoms with Gasteiger partial charge in [-0.15, -0.1) is 20.4 Å². The molecule has 3 aromatic rings. The maximum Gasteiger partial charge on any atom is 0.278 e. The zero-order valence-electron chi connectivity index (χ0n) is 14.3. The molecular formula is C16H15N9OS. The third-order valence-corrected chi connectivity index (χ3v) is 4.45. The maximum absolute atomic E-state index is 12.4. The number of hydrogen-bond donors (Lipinski definition) is 3. The maximum atomic E-state index is 12.4. The smallest absolute Gasteiger partial charge is 0.278 e. The van der Waals surface area contributed by atoms with Crippen molar-refractivity contribution >= 4 is 23.0 Å². The SMILES string of the molecule is CCCSc1nnc(-c2ccccc2NC=C(C#N)c2nn[nH]n2)c(=O)[nH]1. The number of thioether (sulfide) groups is 1. The average molecular weight is 381 g/mol. The van der Waals surface area contributed by atoms with Gasteiger partial charge in [0.1, 0.15) is 11.6 Å². The molecule has 0 aliphatic carbocycles. The average Bonchev–Trinajstić information content (AvgIpc) is 3.22. The van der Waals surface area contributed by atoms with Crippen LogP contribution < -0.4 is 10.9 Å². The van der Waals surface area contributed by atoms with Gasteiger partial charge in [0.25, 0.3) is 5.56 Å². The van der Waals surface area contributed by atoms with Crippen LogP contribution in [0.5, 0.6) is 0 Å². The summed E-state index contributed by atoms with van der Waals surface area (Å²) in [5.41, 5.74) is 1.18. The summed E-state index contributed by atoms with van der Waals surface area (Å²) in [6.45, 7) is 2.05. The summed E-state index contributed by atoms with van der Waals surface area (Å²) in [6, 6.07) is 9.08. The van der Waals surface area contributed by atoms with E-state index in [-0.39, 0.29) is 22.7 Å². The third kappa shape index (κ3) is 4.36. The molecule has 0 unspecified atom stereocenters. The van der Waals surface area contributed by atoms with Gasteiger partial charge in [0.15, 0.2) is 10.9 Å². The lowest BCUT2D eigenvalue weighted by molar-refractivity contribution is 0.823. The molecule has 0 saturated heterocycles. The summed E-state index contributed by atoms with van der Waals surface area (Å²) >= 11 is 1.45. The van der Waals surface area contributed by atoms with Gasteiger partial charge < -0.3 is 5.32 Å². The van der Waals surface area contributed by atoms with E-state index >= 15 is 0 Å². The van der Waals surface area contributed by atoms with Crippen LogP contribution in [0.1, 0.15) is 19.2 Å². The van der Waals surface area contributed by atoms with Gasteiger partial charge in [-0.1, -0.05) is 36.9 Å². The fourth-order valence-electron chi connectivity index (χ4n) is 2.15. The van der Waals surface area contributed by atoms with E-state index in [1.807, 2.05) is 13.0 Å². The second-order valence-electron chi connectivity index (χ2n) is 5.25. The Balaban J connectivity index is 1.91. The van der Waals surface area contributed by atoms with E-state index < -0.39 is 0 Å². The number of allylic oxidation sites excluding steroid dienone is 1. The van der Waals surface area contributed by atoms with Crippen molar-refractivity contribution in [1.29, 1.82) is 5.26 Å². The molecule has 0 spiro atoms. The van der Waals surface area contributed by atoms with Gasteiger partial charge in [-0.3, -0.25) is 9.78 Å². The molecule has 0 aliphatic heterocycles. The molecule has 0 aliphatic rings. The Hall–Kier alpha value is -3.52. The molecule has 3 N–H and O–H groups in total. The molecule has 0 bridgehead atoms. The van der Waals surface area contributed by atoms with Crippen molar-refractivity contribution in [2.24, 2.45) is 0 Å². The van der Waals surface area contributed by atoms with Gasteiger partial charge in [0, 0.05) is 23.2 Å². The number of nitrogens with one attached hydrogen (secondary N) is 3. The van der Waals surface area contributed by atoms with Gasteiger partial charge in [0.05, 0.1) is 0 Å². The van der Waals surface area contributed by atoms with Crippen molar-refractivity contribution in [2.45, 2.75) is 18.5 Å². The monoisotopic (exact) mass is 381 g/mol. The van der Waals surface area contributed by atoms with Crippen LogP contribution in [0.25, 0.3) is 16.8 Å². The molecule has 0 saturated carbocycles. The highest BCUT2D eigenvalue weighted by atomic mass is 32.2. The number of para-hydroxylation sites is 1. The minimum absolute atomic E-state index is 0.164. The predicted molar refractivity (Wildman–Crippen MR) is 100 cm³/mol. The Labute approximate surface area is 158 Å². The summed E-state index contributed by atoms with van der Waals surface area (Å²) in [4.78, 5) is 15.2. The van der Waals surface area contributed by atoms with Crippen LogP contribution in [0.15, 0.2) is 40.4 Å². The Bertz CT molecular complexity index is 1040. The molecule has 2 heterocycles. The van der Waals surface area contributed by atoms with Crippen molar-refractivity contribution in [2.75, 3.05) is 11.1 Å². The van der Waals surface area contributed by atoms with Crippen molar-refractivity contribution in [3.05, 3.63) is 46.6 Å². The van der Waals surface area contributed by atoms with Gasteiger partial charge in [-0.05, 0) is 17.7 Å². The topological polar surface area (TPSA) is 149 Å². The molecule has 0 radical (unpaired) electrons. The molecule has 0 fully saturated rings. The quantitative estimate of drug-likeness (QED) is 0.411. The van der Waals surface area contributed by atoms with E-state index in [1.54, 1.807) is 24.3 Å². The molecular weight excluding hydrogens is 366 g/mol. The highest BCUT2D eigenvalue weighted by Gasteiger charge is 2.12. The number of H-pyrrole nitrogens is 2. The lowest BCUT2D eigenvalue weighted by atomic mass is 10.1. The highest BCUT2D eigenvalue weighted by Crippen LogP contribution is 2.24. The highest BCUT2D eigenvalue weighted by molar-refractivity contribution is 7.99. The van der Waals surface area contributed by atoms with Crippen LogP contribution in [0.4, 0.5) is 5.69 Å². The Morgan fingerprint density at radius 3 is 2.89 bits per heavy atom. The zero-order valence-corrected chi connectivity index (χ0v) is 15.1. The second-order valence-corrected chi connectivity index (χ2v) is 6.34. The van der Waals surface area contributed by atoms with Crippen LogP contribution in [0.3, 0.4) is 0 Å². The summed E-state index contributed by atoms with van der Waals surface area (Å²) in [5.74, 6) is 1.01. The largest absolute Gasteiger partial charge is 0.360 e. The van der Waals surface area contributed by atoms with Crippen molar-refractivity contribution in [3.8, 4) is 17.3 Å². The van der Waals surface area contributed by atoms with E-state index in [1.165, 1.54) is 18.0 Å². The number of rotatable bonds is 7. The number of aromatic nitrogens is 7. The van der Waals surface area contributed by atoms with Crippen LogP contribution in [0, 0.1) is 11.3 Å². The fourth-order valence-corrected chi connectivity index (χ4v) is 2.81. The van der Waals surface area contributed by atoms with E-state index in [2.05, 4.69) is 41.1 Å². The standard InChI is InChI=1S/C16H15N9OS/c1-2-7-27-16-19-15(26)13(20-23-16)11-5-3-4-6-12(11)18-9-10(8-17)14-21-24-25-22-14/h3-6,9,18H,2,7H2,1H3,(H,19,23,26)(H,21,22,24,25). The van der Waals surface area contributed by atoms with E-state index in [0.29, 0.717) is 16.4 Å². The normalized spacial score (nSPS) is 11.2. The van der Waals surface area contributed by atoms with Crippen molar-refractivity contribution in [3.63, 3.8) is 0 Å². The van der Waals surface area contributed by atoms with E-state index in [4.69, 9.17) is 0 Å². The molecule has 3 rings (SSSR count). The first-order chi connectivity index (χ1) is 13.2. The number of nitrogens with zero attached hydrogens (tertiary/aromatic N) is 6. The van der Waals surface area contributed by atoms with Gasteiger partial charge in [-0.25, -0.2) is 0 Å². The molecule has 10 nitrogen and oxygen atoms in total. The number of tetrazole rings is 1. The van der Waals surface area contributed by atoms with E-state index in [9.17, 15) is 10.1 Å². The first kappa shape index (κ1) is 18.3. The molecule has 2 aromatic heterocycles. The van der Waals surface area contributed by atoms with Gasteiger partial charge in [0.2, 0.25) is 5.82 Å². The summed E-state index contributed by atoms with van der Waals surface area (Å²) < 4.78 is 0. The number of aromatic amines is 2. The lowest BCUT2D eigenvalue weighted by Gasteiger charge is -2.08. The number of hydrogen-bond acceptors (Lipinski definition) is 9. The summed E-state index contributed by atoms with van der Waals surface area (Å²) in [7, 11) is 0. The van der Waals surface area contributed by atoms with Crippen molar-refractivity contribution < 1.29 is 0 Å². The molecule has 11 heteroatoms. The van der Waals surface area contributed by atoms with Crippen molar-refractivity contribution in [1.82, 2.24) is 35.8 Å². The van der Waals surface area contributed by atoms with Gasteiger partial charge in [-0.2, -0.15) is 10.5 Å². The van der Waals surface area contributed by atoms with Crippen LogP contribution in [0.2, 0.25) is 0 Å². The fraction of sp³-hybridized carbons (Fsp3) is 0.188. The summed E-state index contributed by atoms with van der Waals surface area (Å²) in [6.07, 6.45) is 2.41. The number of nitriles is 1. The second kappa shape index (κ2) is 8.72. The number of benzene rings is 1. The lowest BCUT2D eigenvalue weighted by Crippen LogP contribution is -2.15. The third-order valence-electron chi connectivity index (χ3n) is 3.38.